The Kier molecular flexibility index (Phi) is 5.02. The van der Waals surface area contributed by atoms with E-state index in [4.69, 9.17) is 0 Å². The van der Waals surface area contributed by atoms with Crippen molar-refractivity contribution in [1.29, 1.82) is 0 Å². The van der Waals surface area contributed by atoms with Gasteiger partial charge in [0.15, 0.2) is 0 Å². The lowest BCUT2D eigenvalue weighted by Gasteiger charge is -2.40. The quantitative estimate of drug-likeness (QED) is 0.450. The third-order valence-corrected chi connectivity index (χ3v) is 9.42. The molecule has 0 saturated carbocycles. The Labute approximate surface area is 195 Å². The summed E-state index contributed by atoms with van der Waals surface area (Å²) in [6, 6.07) is 21.5. The Morgan fingerprint density at radius 2 is 1.19 bits per heavy atom. The van der Waals surface area contributed by atoms with E-state index in [-0.39, 0.29) is 27.2 Å². The Morgan fingerprint density at radius 3 is 1.66 bits per heavy atom. The van der Waals surface area contributed by atoms with Crippen LogP contribution in [0.5, 0.6) is 0 Å². The number of hydrogen-bond donors (Lipinski definition) is 0. The van der Waals surface area contributed by atoms with Gasteiger partial charge in [0.1, 0.15) is 0 Å². The molecule has 0 aromatic heterocycles. The average Bonchev–Trinajstić information content (AvgIpc) is 3.37. The Balaban J connectivity index is 1.75. The van der Waals surface area contributed by atoms with Gasteiger partial charge in [-0.2, -0.15) is 0 Å². The maximum absolute atomic E-state index is 13.9. The van der Waals surface area contributed by atoms with Crippen molar-refractivity contribution in [1.82, 2.24) is 0 Å². The molecule has 1 unspecified atom stereocenters. The van der Waals surface area contributed by atoms with E-state index in [1.807, 2.05) is 0 Å². The van der Waals surface area contributed by atoms with E-state index in [0.29, 0.717) is 5.92 Å². The first kappa shape index (κ1) is 21.6. The van der Waals surface area contributed by atoms with E-state index in [0.717, 1.165) is 0 Å². The highest BCUT2D eigenvalue weighted by Gasteiger charge is 2.62. The second-order valence-electron chi connectivity index (χ2n) is 11.5. The van der Waals surface area contributed by atoms with Gasteiger partial charge in [0.05, 0.1) is 10.5 Å². The van der Waals surface area contributed by atoms with E-state index in [2.05, 4.69) is 114 Å². The van der Waals surface area contributed by atoms with Gasteiger partial charge in [-0.3, -0.25) is 4.21 Å². The number of benzene rings is 2. The van der Waals surface area contributed by atoms with Crippen LogP contribution in [-0.4, -0.2) is 14.7 Å². The first-order valence-corrected chi connectivity index (χ1v) is 13.1. The maximum Gasteiger partial charge on any atom is 0.0646 e. The fourth-order valence-corrected chi connectivity index (χ4v) is 9.22. The Morgan fingerprint density at radius 1 is 0.719 bits per heavy atom. The molecule has 1 nitrogen and oxygen atoms in total. The Bertz CT molecular complexity index is 1110. The number of hydrogen-bond acceptors (Lipinski definition) is 1. The number of fused-ring (bicyclic) bond motifs is 5. The zero-order valence-electron chi connectivity index (χ0n) is 20.1. The fourth-order valence-electron chi connectivity index (χ4n) is 6.30. The predicted molar refractivity (Wildman–Crippen MR) is 137 cm³/mol. The topological polar surface area (TPSA) is 17.1 Å². The van der Waals surface area contributed by atoms with Crippen LogP contribution in [0.25, 0.3) is 5.57 Å². The highest BCUT2D eigenvalue weighted by Crippen LogP contribution is 2.62. The smallest absolute Gasteiger partial charge is 0.0646 e. The van der Waals surface area contributed by atoms with E-state index < -0.39 is 10.8 Å². The Hall–Kier alpha value is -2.19. The molecule has 2 aliphatic heterocycles. The third kappa shape index (κ3) is 3.22. The zero-order valence-corrected chi connectivity index (χ0v) is 20.9. The molecule has 5 atom stereocenters. The van der Waals surface area contributed by atoms with Crippen LogP contribution < -0.4 is 0 Å². The van der Waals surface area contributed by atoms with Gasteiger partial charge in [0, 0.05) is 22.6 Å². The first-order valence-electron chi connectivity index (χ1n) is 11.8. The summed E-state index contributed by atoms with van der Waals surface area (Å²) >= 11 is 0. The van der Waals surface area contributed by atoms with Crippen molar-refractivity contribution in [2.75, 3.05) is 0 Å². The van der Waals surface area contributed by atoms with Crippen LogP contribution in [0.2, 0.25) is 0 Å². The average molecular weight is 443 g/mol. The minimum atomic E-state index is -0.873. The summed E-state index contributed by atoms with van der Waals surface area (Å²) in [4.78, 5) is 0. The molecule has 3 aliphatic rings. The van der Waals surface area contributed by atoms with E-state index in [9.17, 15) is 4.21 Å². The number of allylic oxidation sites excluding steroid dienone is 3. The lowest BCUT2D eigenvalue weighted by Crippen LogP contribution is -2.36. The van der Waals surface area contributed by atoms with Gasteiger partial charge in [-0.25, -0.2) is 0 Å². The van der Waals surface area contributed by atoms with Crippen molar-refractivity contribution >= 4 is 16.4 Å². The second-order valence-corrected chi connectivity index (χ2v) is 13.2. The van der Waals surface area contributed by atoms with E-state index in [1.54, 1.807) is 0 Å². The molecule has 0 spiro atoms. The molecule has 2 aromatic rings. The summed E-state index contributed by atoms with van der Waals surface area (Å²) in [7, 11) is -0.873. The molecule has 5 rings (SSSR count). The lowest BCUT2D eigenvalue weighted by molar-refractivity contribution is 0.360. The van der Waals surface area contributed by atoms with Gasteiger partial charge >= 0.3 is 0 Å². The normalized spacial score (nSPS) is 29.1. The van der Waals surface area contributed by atoms with Crippen LogP contribution in [0.1, 0.15) is 52.7 Å². The second kappa shape index (κ2) is 7.42. The fraction of sp³-hybridized carbons (Fsp3) is 0.400. The molecule has 2 heteroatoms. The standard InChI is InChI=1S/C30H34OS/c1-29(2,3)25-26(30(4,5)6)28-24-21(17-18-22(24)27(25)32(28)31)23(19-13-9-7-10-14-19)20-15-11-8-12-16-20/h7-18,22,24,27-28H,1-6H3/t22-,24+,27+,28-,32?/m0/s1. The molecule has 2 heterocycles. The summed E-state index contributed by atoms with van der Waals surface area (Å²) in [5, 5.41) is 0.243. The molecule has 2 bridgehead atoms. The highest BCUT2D eigenvalue weighted by molar-refractivity contribution is 7.87. The van der Waals surface area contributed by atoms with Crippen molar-refractivity contribution in [2.45, 2.75) is 52.0 Å². The highest BCUT2D eigenvalue weighted by atomic mass is 32.2. The zero-order chi connectivity index (χ0) is 22.8. The van der Waals surface area contributed by atoms with Crippen molar-refractivity contribution in [3.63, 3.8) is 0 Å². The van der Waals surface area contributed by atoms with E-state index in [1.165, 1.54) is 33.4 Å². The van der Waals surface area contributed by atoms with Gasteiger partial charge in [0.2, 0.25) is 0 Å². The summed E-state index contributed by atoms with van der Waals surface area (Å²) < 4.78 is 13.9. The molecule has 2 aromatic carbocycles. The maximum atomic E-state index is 13.9. The van der Waals surface area contributed by atoms with Gasteiger partial charge in [0.25, 0.3) is 0 Å². The van der Waals surface area contributed by atoms with Crippen LogP contribution in [0.15, 0.2) is 89.5 Å². The predicted octanol–water partition coefficient (Wildman–Crippen LogP) is 7.19. The molecule has 1 fully saturated rings. The summed E-state index contributed by atoms with van der Waals surface area (Å²) in [5.41, 5.74) is 8.10. The van der Waals surface area contributed by atoms with E-state index >= 15 is 0 Å². The summed E-state index contributed by atoms with van der Waals surface area (Å²) in [6.07, 6.45) is 4.73. The summed E-state index contributed by atoms with van der Waals surface area (Å²) in [6.45, 7) is 13.8. The largest absolute Gasteiger partial charge is 0.258 e. The van der Waals surface area contributed by atoms with Gasteiger partial charge in [-0.05, 0) is 44.2 Å². The molecule has 1 saturated heterocycles. The van der Waals surface area contributed by atoms with Crippen LogP contribution in [0.4, 0.5) is 0 Å². The lowest BCUT2D eigenvalue weighted by atomic mass is 9.63. The van der Waals surface area contributed by atoms with Crippen molar-refractivity contribution in [3.8, 4) is 0 Å². The van der Waals surface area contributed by atoms with Gasteiger partial charge in [-0.1, -0.05) is 114 Å². The van der Waals surface area contributed by atoms with Gasteiger partial charge < -0.3 is 0 Å². The molecule has 166 valence electrons. The van der Waals surface area contributed by atoms with Crippen molar-refractivity contribution in [3.05, 3.63) is 101 Å². The SMILES string of the molecule is CC(C)(C)C1=C(C(C)(C)C)[C@H]2[C@H]3C=CC(=C(c4ccccc4)c4ccccc4)[C@H]3[C@@H]1S2=O. The monoisotopic (exact) mass is 442 g/mol. The molecule has 32 heavy (non-hydrogen) atoms. The van der Waals surface area contributed by atoms with Gasteiger partial charge in [-0.15, -0.1) is 0 Å². The minimum absolute atomic E-state index is 0.00994. The molecule has 0 radical (unpaired) electrons. The molecular weight excluding hydrogens is 408 g/mol. The first-order chi connectivity index (χ1) is 15.1. The van der Waals surface area contributed by atoms with Crippen molar-refractivity contribution in [2.24, 2.45) is 22.7 Å². The molecule has 0 N–H and O–H groups in total. The molecular formula is C30H34OS. The minimum Gasteiger partial charge on any atom is -0.258 e. The molecule has 1 aliphatic carbocycles. The third-order valence-electron chi connectivity index (χ3n) is 7.34. The number of rotatable bonds is 2. The van der Waals surface area contributed by atoms with Crippen LogP contribution in [0.3, 0.4) is 0 Å². The van der Waals surface area contributed by atoms with Crippen molar-refractivity contribution < 1.29 is 4.21 Å². The van der Waals surface area contributed by atoms with Crippen LogP contribution in [0, 0.1) is 22.7 Å². The summed E-state index contributed by atoms with van der Waals surface area (Å²) in [5.74, 6) is 0.621. The van der Waals surface area contributed by atoms with Crippen LogP contribution in [-0.2, 0) is 10.8 Å². The van der Waals surface area contributed by atoms with Crippen LogP contribution >= 0.6 is 0 Å². The molecule has 0 amide bonds.